The van der Waals surface area contributed by atoms with Gasteiger partial charge in [-0.1, -0.05) is 12.1 Å². The van der Waals surface area contributed by atoms with Crippen LogP contribution in [0, 0.1) is 0 Å². The first-order valence-electron chi connectivity index (χ1n) is 17.4. The third kappa shape index (κ3) is 10.2. The molecule has 0 radical (unpaired) electrons. The van der Waals surface area contributed by atoms with Crippen molar-refractivity contribution < 1.29 is 93.4 Å². The topological polar surface area (TPSA) is 282 Å². The second kappa shape index (κ2) is 19.0. The van der Waals surface area contributed by atoms with Gasteiger partial charge in [-0.3, -0.25) is 0 Å². The number of benzene rings is 2. The first-order chi connectivity index (χ1) is 26.2. The third-order valence-corrected chi connectivity index (χ3v) is 9.38. The van der Waals surface area contributed by atoms with Crippen LogP contribution in [0.25, 0.3) is 6.08 Å². The van der Waals surface area contributed by atoms with Gasteiger partial charge in [0.05, 0.1) is 40.1 Å². The van der Waals surface area contributed by atoms with Crippen LogP contribution in [0.2, 0.25) is 0 Å². The molecule has 3 heterocycles. The Bertz CT molecular complexity index is 1590. The first-order valence-corrected chi connectivity index (χ1v) is 17.4. The first kappa shape index (κ1) is 42.5. The molecule has 0 bridgehead atoms. The minimum atomic E-state index is -1.84. The number of carbonyl (C=O) groups is 1. The number of phenols is 2. The number of esters is 1. The minimum Gasteiger partial charge on any atom is -0.504 e. The summed E-state index contributed by atoms with van der Waals surface area (Å²) >= 11 is 0. The zero-order valence-corrected chi connectivity index (χ0v) is 30.1. The van der Waals surface area contributed by atoms with E-state index in [9.17, 15) is 50.8 Å². The Labute approximate surface area is 315 Å². The van der Waals surface area contributed by atoms with Crippen molar-refractivity contribution in [1.29, 1.82) is 0 Å². The third-order valence-electron chi connectivity index (χ3n) is 9.38. The van der Waals surface area contributed by atoms with Crippen molar-refractivity contribution >= 4 is 12.0 Å². The Kier molecular flexibility index (Phi) is 14.7. The van der Waals surface area contributed by atoms with E-state index in [1.807, 2.05) is 0 Å². The lowest BCUT2D eigenvalue weighted by Crippen LogP contribution is -2.65. The highest BCUT2D eigenvalue weighted by Crippen LogP contribution is 2.33. The van der Waals surface area contributed by atoms with Crippen LogP contribution in [0.5, 0.6) is 23.0 Å². The maximum Gasteiger partial charge on any atom is 0.331 e. The van der Waals surface area contributed by atoms with Gasteiger partial charge >= 0.3 is 5.97 Å². The predicted octanol–water partition coefficient (Wildman–Crippen LogP) is -1.95. The normalized spacial score (nSPS) is 35.4. The van der Waals surface area contributed by atoms with E-state index in [0.29, 0.717) is 11.1 Å². The van der Waals surface area contributed by atoms with Crippen molar-refractivity contribution in [3.8, 4) is 23.0 Å². The lowest BCUT2D eigenvalue weighted by molar-refractivity contribution is -0.362. The average Bonchev–Trinajstić information content (AvgIpc) is 3.17. The molecule has 5 rings (SSSR count). The lowest BCUT2D eigenvalue weighted by Gasteiger charge is -2.47. The van der Waals surface area contributed by atoms with Crippen LogP contribution in [-0.4, -0.2) is 172 Å². The van der Waals surface area contributed by atoms with Crippen LogP contribution in [0.15, 0.2) is 42.5 Å². The Morgan fingerprint density at radius 1 is 0.764 bits per heavy atom. The molecule has 9 N–H and O–H groups in total. The van der Waals surface area contributed by atoms with Crippen molar-refractivity contribution in [3.05, 3.63) is 53.6 Å². The second-order valence-electron chi connectivity index (χ2n) is 13.2. The van der Waals surface area contributed by atoms with Gasteiger partial charge in [0.25, 0.3) is 0 Å². The van der Waals surface area contributed by atoms with Crippen molar-refractivity contribution in [2.75, 3.05) is 34.0 Å². The minimum absolute atomic E-state index is 0.101. The molecule has 55 heavy (non-hydrogen) atoms. The fourth-order valence-corrected chi connectivity index (χ4v) is 6.18. The van der Waals surface area contributed by atoms with E-state index >= 15 is 0 Å². The van der Waals surface area contributed by atoms with Crippen molar-refractivity contribution in [1.82, 2.24) is 0 Å². The molecule has 0 spiro atoms. The van der Waals surface area contributed by atoms with E-state index in [-0.39, 0.29) is 42.6 Å². The quantitative estimate of drug-likeness (QED) is 0.0744. The monoisotopic (exact) mass is 784 g/mol. The number of hydrogen-bond acceptors (Lipinski definition) is 19. The molecule has 3 saturated heterocycles. The molecule has 19 heteroatoms. The molecule has 306 valence electrons. The molecule has 3 aliphatic heterocycles. The number of phenolic OH excluding ortho intramolecular Hbond substituents is 2. The van der Waals surface area contributed by atoms with Gasteiger partial charge in [-0.15, -0.1) is 0 Å². The van der Waals surface area contributed by atoms with Crippen LogP contribution in [0.4, 0.5) is 0 Å². The summed E-state index contributed by atoms with van der Waals surface area (Å²) in [7, 11) is 2.75. The van der Waals surface area contributed by atoms with Gasteiger partial charge in [-0.25, -0.2) is 4.79 Å². The number of carbonyl (C=O) groups excluding carboxylic acids is 1. The number of aromatic hydroxyl groups is 2. The van der Waals surface area contributed by atoms with Crippen LogP contribution in [0.1, 0.15) is 18.1 Å². The van der Waals surface area contributed by atoms with Gasteiger partial charge in [0.1, 0.15) is 54.9 Å². The summed E-state index contributed by atoms with van der Waals surface area (Å²) in [5.41, 5.74) is 1.06. The van der Waals surface area contributed by atoms with Crippen molar-refractivity contribution in [3.63, 3.8) is 0 Å². The van der Waals surface area contributed by atoms with E-state index in [0.717, 1.165) is 6.08 Å². The molecule has 0 saturated carbocycles. The number of methoxy groups -OCH3 is 2. The standard InChI is InChI=1S/C36H48O19/c1-16-26(41)28(43)30(45)36(52-16)55-33-31(46)35(49-11-10-18-5-8-22(47-2)20(38)12-18)53-24(15-51-34-29(44)27(42)21(39)14-50-34)32(33)54-25(40)9-6-17-4-7-19(37)23(13-17)48-3/h4-9,12-13,16,21,24,26-39,41-46H,10-11,14-15H2,1-3H3/t16-,21+,24+,26-,27-,28+,29+,30+,31+,32+,33+,34-,35+,36-/m0/s1. The molecule has 2 aromatic carbocycles. The summed E-state index contributed by atoms with van der Waals surface area (Å²) in [6, 6.07) is 9.00. The molecule has 14 atom stereocenters. The van der Waals surface area contributed by atoms with Gasteiger partial charge in [0.15, 0.2) is 48.0 Å². The zero-order valence-electron chi connectivity index (χ0n) is 30.1. The Balaban J connectivity index is 1.42. The highest BCUT2D eigenvalue weighted by atomic mass is 16.8. The molecule has 0 unspecified atom stereocenters. The van der Waals surface area contributed by atoms with Crippen LogP contribution >= 0.6 is 0 Å². The Morgan fingerprint density at radius 3 is 2.20 bits per heavy atom. The van der Waals surface area contributed by atoms with Crippen LogP contribution in [0.3, 0.4) is 0 Å². The zero-order chi connectivity index (χ0) is 40.0. The predicted molar refractivity (Wildman–Crippen MR) is 183 cm³/mol. The number of aliphatic hydroxyl groups excluding tert-OH is 7. The highest BCUT2D eigenvalue weighted by molar-refractivity contribution is 5.87. The molecular formula is C36H48O19. The second-order valence-corrected chi connectivity index (χ2v) is 13.2. The van der Waals surface area contributed by atoms with Gasteiger partial charge in [0.2, 0.25) is 0 Å². The highest BCUT2D eigenvalue weighted by Gasteiger charge is 2.53. The summed E-state index contributed by atoms with van der Waals surface area (Å²) in [6.45, 7) is 0.361. The summed E-state index contributed by atoms with van der Waals surface area (Å²) in [6.07, 6.45) is -19.4. The van der Waals surface area contributed by atoms with E-state index in [4.69, 9.17) is 42.6 Å². The summed E-state index contributed by atoms with van der Waals surface area (Å²) in [4.78, 5) is 13.4. The van der Waals surface area contributed by atoms with Crippen molar-refractivity contribution in [2.45, 2.75) is 99.4 Å². The number of rotatable bonds is 14. The number of hydrogen-bond donors (Lipinski definition) is 9. The summed E-state index contributed by atoms with van der Waals surface area (Å²) in [5.74, 6) is -0.848. The molecule has 0 aromatic heterocycles. The van der Waals surface area contributed by atoms with E-state index in [1.165, 1.54) is 51.5 Å². The molecule has 2 aromatic rings. The summed E-state index contributed by atoms with van der Waals surface area (Å²) in [5, 5.41) is 93.9. The number of aliphatic hydroxyl groups is 7. The fraction of sp³-hybridized carbons (Fsp3) is 0.583. The summed E-state index contributed by atoms with van der Waals surface area (Å²) < 4.78 is 50.6. The van der Waals surface area contributed by atoms with Gasteiger partial charge in [0, 0.05) is 6.08 Å². The lowest BCUT2D eigenvalue weighted by atomic mass is 9.96. The van der Waals surface area contributed by atoms with E-state index in [1.54, 1.807) is 12.1 Å². The van der Waals surface area contributed by atoms with Crippen LogP contribution in [-0.2, 0) is 44.4 Å². The number of ether oxygens (including phenoxy) is 9. The van der Waals surface area contributed by atoms with Crippen LogP contribution < -0.4 is 9.47 Å². The Hall–Kier alpha value is -3.67. The smallest absolute Gasteiger partial charge is 0.331 e. The average molecular weight is 785 g/mol. The molecular weight excluding hydrogens is 736 g/mol. The molecule has 3 fully saturated rings. The van der Waals surface area contributed by atoms with E-state index < -0.39 is 98.6 Å². The van der Waals surface area contributed by atoms with E-state index in [2.05, 4.69) is 0 Å². The van der Waals surface area contributed by atoms with Gasteiger partial charge < -0.3 is 88.6 Å². The largest absolute Gasteiger partial charge is 0.504 e. The fourth-order valence-electron chi connectivity index (χ4n) is 6.18. The van der Waals surface area contributed by atoms with Gasteiger partial charge in [-0.05, 0) is 54.8 Å². The SMILES string of the molecule is COc1ccc(CCO[C@@H]2O[C@H](CO[C@@H]3OC[C@@H](O)[C@H](O)[C@H]3O)[C@@H](OC(=O)C=Cc3ccc(O)c(OC)c3)[C@H](O[C@@H]3O[C@@H](C)[C@H](O)[C@@H](O)[C@H]3O)[C@H]2O)cc1O. The molecule has 3 aliphatic rings. The maximum absolute atomic E-state index is 13.4. The molecule has 0 amide bonds. The van der Waals surface area contributed by atoms with Gasteiger partial charge in [-0.2, -0.15) is 0 Å². The molecule has 0 aliphatic carbocycles. The molecule has 19 nitrogen and oxygen atoms in total. The van der Waals surface area contributed by atoms with Crippen molar-refractivity contribution in [2.24, 2.45) is 0 Å². The Morgan fingerprint density at radius 2 is 1.49 bits per heavy atom. The maximum atomic E-state index is 13.4.